The van der Waals surface area contributed by atoms with Gasteiger partial charge in [-0.2, -0.15) is 0 Å². The number of carboxylic acid groups (broad SMARTS) is 4. The number of aliphatic carboxylic acids is 4. The summed E-state index contributed by atoms with van der Waals surface area (Å²) in [5.41, 5.74) is 9.88. The van der Waals surface area contributed by atoms with E-state index in [-0.39, 0.29) is 45.2 Å². The number of carbonyl (C=O) groups excluding carboxylic acids is 2. The van der Waals surface area contributed by atoms with Gasteiger partial charge in [0, 0.05) is 24.9 Å². The fourth-order valence-corrected chi connectivity index (χ4v) is 0.794. The SMILES string of the molecule is N[C@@H](CCC(=O)O)C(=O)[O-].N[C@@H](CCC(=O)O)C(=O)[O-].[Zn+2]. The van der Waals surface area contributed by atoms with Gasteiger partial charge in [0.15, 0.2) is 0 Å². The molecule has 0 saturated heterocycles. The predicted molar refractivity (Wildman–Crippen MR) is 59.7 cm³/mol. The summed E-state index contributed by atoms with van der Waals surface area (Å²) in [6, 6.07) is -2.34. The van der Waals surface area contributed by atoms with Crippen LogP contribution < -0.4 is 21.7 Å². The minimum atomic E-state index is -1.42. The van der Waals surface area contributed by atoms with E-state index in [0.717, 1.165) is 0 Å². The first-order valence-corrected chi connectivity index (χ1v) is 5.44. The molecule has 21 heavy (non-hydrogen) atoms. The van der Waals surface area contributed by atoms with Crippen LogP contribution in [0.5, 0.6) is 0 Å². The van der Waals surface area contributed by atoms with Crippen molar-refractivity contribution in [3.8, 4) is 0 Å². The number of carboxylic acids is 4. The molecule has 0 aromatic carbocycles. The monoisotopic (exact) mass is 356 g/mol. The summed E-state index contributed by atoms with van der Waals surface area (Å²) in [6.07, 6.45) is -0.653. The molecule has 0 bridgehead atoms. The van der Waals surface area contributed by atoms with Crippen molar-refractivity contribution in [3.63, 3.8) is 0 Å². The minimum Gasteiger partial charge on any atom is -0.548 e. The molecule has 0 radical (unpaired) electrons. The van der Waals surface area contributed by atoms with E-state index in [4.69, 9.17) is 21.7 Å². The maximum atomic E-state index is 9.88. The molecular weight excluding hydrogens is 342 g/mol. The molecule has 0 aromatic heterocycles. The van der Waals surface area contributed by atoms with Crippen LogP contribution in [-0.4, -0.2) is 46.2 Å². The topological polar surface area (TPSA) is 207 Å². The Morgan fingerprint density at radius 2 is 1.05 bits per heavy atom. The molecule has 6 N–H and O–H groups in total. The summed E-state index contributed by atoms with van der Waals surface area (Å²) in [5.74, 6) is -4.95. The number of hydrogen-bond donors (Lipinski definition) is 4. The summed E-state index contributed by atoms with van der Waals surface area (Å²) in [5, 5.41) is 35.9. The second kappa shape index (κ2) is 13.4. The van der Waals surface area contributed by atoms with Crippen molar-refractivity contribution in [3.05, 3.63) is 0 Å². The Bertz CT molecular complexity index is 329. The van der Waals surface area contributed by atoms with E-state index in [0.29, 0.717) is 0 Å². The molecule has 0 heterocycles. The van der Waals surface area contributed by atoms with Crippen LogP contribution in [0.2, 0.25) is 0 Å². The standard InChI is InChI=1S/2C5H9NO4.Zn/c2*6-3(5(9)10)1-2-4(7)8;/h2*3H,1-2,6H2,(H,7,8)(H,9,10);/q;;+2/p-2/t2*3-;/m00./s1. The van der Waals surface area contributed by atoms with Gasteiger partial charge in [-0.15, -0.1) is 0 Å². The van der Waals surface area contributed by atoms with Crippen LogP contribution in [0.25, 0.3) is 0 Å². The predicted octanol–water partition coefficient (Wildman–Crippen LogP) is -4.15. The van der Waals surface area contributed by atoms with E-state index in [1.54, 1.807) is 0 Å². The summed E-state index contributed by atoms with van der Waals surface area (Å²) in [7, 11) is 0. The summed E-state index contributed by atoms with van der Waals surface area (Å²) < 4.78 is 0. The van der Waals surface area contributed by atoms with Gasteiger partial charge in [0.25, 0.3) is 0 Å². The molecule has 0 amide bonds. The van der Waals surface area contributed by atoms with E-state index in [1.165, 1.54) is 0 Å². The quantitative estimate of drug-likeness (QED) is 0.308. The first kappa shape index (κ1) is 24.4. The smallest absolute Gasteiger partial charge is 0.548 e. The van der Waals surface area contributed by atoms with Gasteiger partial charge in [0.05, 0.1) is 11.9 Å². The molecule has 0 aromatic rings. The summed E-state index contributed by atoms with van der Waals surface area (Å²) in [6.45, 7) is 0. The second-order valence-corrected chi connectivity index (χ2v) is 3.72. The Morgan fingerprint density at radius 1 is 0.810 bits per heavy atom. The average molecular weight is 358 g/mol. The molecule has 0 unspecified atom stereocenters. The molecule has 0 aliphatic carbocycles. The van der Waals surface area contributed by atoms with Crippen molar-refractivity contribution in [2.75, 3.05) is 0 Å². The molecular formula is C10H16N2O8Zn. The Labute approximate surface area is 132 Å². The maximum Gasteiger partial charge on any atom is 2.00 e. The van der Waals surface area contributed by atoms with Gasteiger partial charge in [-0.3, -0.25) is 9.59 Å². The molecule has 10 nitrogen and oxygen atoms in total. The molecule has 0 spiro atoms. The van der Waals surface area contributed by atoms with Gasteiger partial charge in [-0.1, -0.05) is 0 Å². The first-order chi connectivity index (χ1) is 9.07. The van der Waals surface area contributed by atoms with E-state index in [2.05, 4.69) is 0 Å². The van der Waals surface area contributed by atoms with Gasteiger partial charge in [-0.25, -0.2) is 0 Å². The fourth-order valence-electron chi connectivity index (χ4n) is 0.794. The van der Waals surface area contributed by atoms with Crippen LogP contribution in [0, 0.1) is 0 Å². The van der Waals surface area contributed by atoms with Crippen molar-refractivity contribution < 1.29 is 59.1 Å². The Kier molecular flexibility index (Phi) is 15.6. The van der Waals surface area contributed by atoms with Crippen molar-refractivity contribution in [2.45, 2.75) is 37.8 Å². The Morgan fingerprint density at radius 3 is 1.19 bits per heavy atom. The molecule has 2 atom stereocenters. The summed E-state index contributed by atoms with van der Waals surface area (Å²) in [4.78, 5) is 39.5. The Hall–Kier alpha value is -1.58. The van der Waals surface area contributed by atoms with Crippen molar-refractivity contribution in [2.24, 2.45) is 11.5 Å². The molecule has 0 saturated carbocycles. The normalized spacial score (nSPS) is 11.9. The van der Waals surface area contributed by atoms with Gasteiger partial charge in [-0.05, 0) is 12.8 Å². The van der Waals surface area contributed by atoms with Crippen LogP contribution in [0.15, 0.2) is 0 Å². The van der Waals surface area contributed by atoms with Crippen LogP contribution in [0.4, 0.5) is 0 Å². The third-order valence-corrected chi connectivity index (χ3v) is 1.94. The molecule has 0 fully saturated rings. The third-order valence-electron chi connectivity index (χ3n) is 1.94. The molecule has 0 rings (SSSR count). The molecule has 0 aliphatic rings. The Balaban J connectivity index is -0.000000295. The van der Waals surface area contributed by atoms with Gasteiger partial charge < -0.3 is 41.5 Å². The number of hydrogen-bond acceptors (Lipinski definition) is 8. The van der Waals surface area contributed by atoms with Crippen LogP contribution in [0.3, 0.4) is 0 Å². The molecule has 11 heteroatoms. The van der Waals surface area contributed by atoms with Crippen molar-refractivity contribution >= 4 is 23.9 Å². The molecule has 116 valence electrons. The largest absolute Gasteiger partial charge is 2.00 e. The number of rotatable bonds is 8. The van der Waals surface area contributed by atoms with Crippen molar-refractivity contribution in [1.29, 1.82) is 0 Å². The zero-order valence-electron chi connectivity index (χ0n) is 11.2. The van der Waals surface area contributed by atoms with E-state index < -0.39 is 36.0 Å². The van der Waals surface area contributed by atoms with Crippen LogP contribution in [-0.2, 0) is 38.7 Å². The maximum absolute atomic E-state index is 9.88. The average Bonchev–Trinajstić information content (AvgIpc) is 2.33. The van der Waals surface area contributed by atoms with Crippen LogP contribution >= 0.6 is 0 Å². The molecule has 0 aliphatic heterocycles. The zero-order chi connectivity index (χ0) is 16.3. The van der Waals surface area contributed by atoms with Gasteiger partial charge >= 0.3 is 31.4 Å². The van der Waals surface area contributed by atoms with Gasteiger partial charge in [0.2, 0.25) is 0 Å². The number of carbonyl (C=O) groups is 4. The van der Waals surface area contributed by atoms with Crippen molar-refractivity contribution in [1.82, 2.24) is 0 Å². The van der Waals surface area contributed by atoms with E-state index >= 15 is 0 Å². The minimum absolute atomic E-state index is 0. The van der Waals surface area contributed by atoms with E-state index in [1.807, 2.05) is 0 Å². The summed E-state index contributed by atoms with van der Waals surface area (Å²) >= 11 is 0. The fraction of sp³-hybridized carbons (Fsp3) is 0.600. The first-order valence-electron chi connectivity index (χ1n) is 5.44. The zero-order valence-corrected chi connectivity index (χ0v) is 14.2. The van der Waals surface area contributed by atoms with Gasteiger partial charge in [0.1, 0.15) is 0 Å². The third kappa shape index (κ3) is 18.4. The second-order valence-electron chi connectivity index (χ2n) is 3.72. The van der Waals surface area contributed by atoms with Crippen LogP contribution in [0.1, 0.15) is 25.7 Å². The number of nitrogens with two attached hydrogens (primary N) is 2. The van der Waals surface area contributed by atoms with E-state index in [9.17, 15) is 29.4 Å².